The van der Waals surface area contributed by atoms with Crippen LogP contribution < -0.4 is 10.9 Å². The predicted octanol–water partition coefficient (Wildman–Crippen LogP) is 3.38. The Hall–Kier alpha value is -2.43. The van der Waals surface area contributed by atoms with Crippen LogP contribution in [0.3, 0.4) is 0 Å². The van der Waals surface area contributed by atoms with Crippen LogP contribution in [0.25, 0.3) is 0 Å². The second-order valence-corrected chi connectivity index (χ2v) is 8.17. The summed E-state index contributed by atoms with van der Waals surface area (Å²) in [7, 11) is 0. The molecule has 1 saturated carbocycles. The molecule has 2 aliphatic carbocycles. The maximum atomic E-state index is 12.6. The number of aromatic nitrogens is 2. The lowest BCUT2D eigenvalue weighted by Crippen LogP contribution is -2.41. The van der Waals surface area contributed by atoms with E-state index in [-0.39, 0.29) is 23.6 Å². The molecule has 1 atom stereocenters. The Labute approximate surface area is 159 Å². The molecule has 1 aromatic carbocycles. The quantitative estimate of drug-likeness (QED) is 0.903. The average molecular weight is 365 g/mol. The summed E-state index contributed by atoms with van der Waals surface area (Å²) < 4.78 is 1.68. The SMILES string of the molecule is CC(C)c1ccc(C(=O)NC2CCc3nn(C4CCC4)c(=O)cc3C2)cc1. The van der Waals surface area contributed by atoms with Gasteiger partial charge in [-0.2, -0.15) is 5.10 Å². The molecule has 0 bridgehead atoms. The summed E-state index contributed by atoms with van der Waals surface area (Å²) in [5, 5.41) is 7.75. The zero-order valence-corrected chi connectivity index (χ0v) is 16.1. The zero-order valence-electron chi connectivity index (χ0n) is 16.1. The molecular formula is C22H27N3O2. The Balaban J connectivity index is 1.44. The summed E-state index contributed by atoms with van der Waals surface area (Å²) >= 11 is 0. The van der Waals surface area contributed by atoms with E-state index in [0.717, 1.165) is 36.9 Å². The smallest absolute Gasteiger partial charge is 0.267 e. The molecule has 0 saturated heterocycles. The molecule has 0 spiro atoms. The van der Waals surface area contributed by atoms with Crippen molar-refractivity contribution in [2.45, 2.75) is 70.4 Å². The van der Waals surface area contributed by atoms with E-state index in [4.69, 9.17) is 0 Å². The Kier molecular flexibility index (Phi) is 4.85. The van der Waals surface area contributed by atoms with Crippen LogP contribution >= 0.6 is 0 Å². The maximum absolute atomic E-state index is 12.6. The molecule has 5 nitrogen and oxygen atoms in total. The molecule has 1 unspecified atom stereocenters. The molecule has 27 heavy (non-hydrogen) atoms. The second-order valence-electron chi connectivity index (χ2n) is 8.17. The van der Waals surface area contributed by atoms with Gasteiger partial charge in [-0.3, -0.25) is 9.59 Å². The van der Waals surface area contributed by atoms with Crippen LogP contribution in [0.1, 0.15) is 78.7 Å². The van der Waals surface area contributed by atoms with E-state index in [1.54, 1.807) is 10.7 Å². The fourth-order valence-corrected chi connectivity index (χ4v) is 3.91. The van der Waals surface area contributed by atoms with Gasteiger partial charge in [-0.05, 0) is 67.7 Å². The van der Waals surface area contributed by atoms with Crippen molar-refractivity contribution >= 4 is 5.91 Å². The Morgan fingerprint density at radius 2 is 1.93 bits per heavy atom. The molecule has 5 heteroatoms. The molecule has 1 N–H and O–H groups in total. The summed E-state index contributed by atoms with van der Waals surface area (Å²) in [6, 6.07) is 9.88. The van der Waals surface area contributed by atoms with Gasteiger partial charge < -0.3 is 5.32 Å². The van der Waals surface area contributed by atoms with Crippen LogP contribution in [0, 0.1) is 0 Å². The minimum absolute atomic E-state index is 0.00491. The third-order valence-corrected chi connectivity index (χ3v) is 5.91. The number of carbonyl (C=O) groups excluding carboxylic acids is 1. The van der Waals surface area contributed by atoms with Crippen molar-refractivity contribution in [2.75, 3.05) is 0 Å². The average Bonchev–Trinajstić information content (AvgIpc) is 2.61. The molecule has 1 fully saturated rings. The highest BCUT2D eigenvalue weighted by Crippen LogP contribution is 2.30. The molecule has 1 heterocycles. The minimum Gasteiger partial charge on any atom is -0.349 e. The van der Waals surface area contributed by atoms with Crippen LogP contribution in [-0.2, 0) is 12.8 Å². The van der Waals surface area contributed by atoms with Gasteiger partial charge in [-0.1, -0.05) is 26.0 Å². The van der Waals surface area contributed by atoms with Gasteiger partial charge in [0.2, 0.25) is 0 Å². The van der Waals surface area contributed by atoms with Gasteiger partial charge in [-0.15, -0.1) is 0 Å². The fraction of sp³-hybridized carbons (Fsp3) is 0.500. The van der Waals surface area contributed by atoms with Crippen LogP contribution in [0.15, 0.2) is 35.1 Å². The molecule has 142 valence electrons. The van der Waals surface area contributed by atoms with Crippen molar-refractivity contribution < 1.29 is 4.79 Å². The van der Waals surface area contributed by atoms with Gasteiger partial charge in [-0.25, -0.2) is 4.68 Å². The second kappa shape index (κ2) is 7.29. The highest BCUT2D eigenvalue weighted by Gasteiger charge is 2.26. The number of rotatable bonds is 4. The molecule has 1 amide bonds. The van der Waals surface area contributed by atoms with Gasteiger partial charge in [0.15, 0.2) is 0 Å². The summed E-state index contributed by atoms with van der Waals surface area (Å²) in [4.78, 5) is 24.9. The Morgan fingerprint density at radius 3 is 2.56 bits per heavy atom. The van der Waals surface area contributed by atoms with Gasteiger partial charge in [0.05, 0.1) is 11.7 Å². The number of amides is 1. The highest BCUT2D eigenvalue weighted by atomic mass is 16.1. The Bertz CT molecular complexity index is 895. The molecule has 0 aliphatic heterocycles. The van der Waals surface area contributed by atoms with Crippen LogP contribution in [0.5, 0.6) is 0 Å². The van der Waals surface area contributed by atoms with E-state index in [1.807, 2.05) is 24.3 Å². The number of aryl methyl sites for hydroxylation is 1. The molecule has 0 radical (unpaired) electrons. The van der Waals surface area contributed by atoms with E-state index < -0.39 is 0 Å². The zero-order chi connectivity index (χ0) is 19.0. The molecule has 4 rings (SSSR count). The molecule has 2 aliphatic rings. The highest BCUT2D eigenvalue weighted by molar-refractivity contribution is 5.94. The third-order valence-electron chi connectivity index (χ3n) is 5.91. The van der Waals surface area contributed by atoms with Crippen molar-refractivity contribution in [1.29, 1.82) is 0 Å². The first-order valence-corrected chi connectivity index (χ1v) is 10.0. The van der Waals surface area contributed by atoms with E-state index in [9.17, 15) is 9.59 Å². The number of benzene rings is 1. The lowest BCUT2D eigenvalue weighted by atomic mass is 9.91. The normalized spacial score (nSPS) is 19.4. The number of nitrogens with one attached hydrogen (secondary N) is 1. The fourth-order valence-electron chi connectivity index (χ4n) is 3.91. The van der Waals surface area contributed by atoms with Gasteiger partial charge in [0.25, 0.3) is 11.5 Å². The van der Waals surface area contributed by atoms with Crippen molar-refractivity contribution in [3.63, 3.8) is 0 Å². The van der Waals surface area contributed by atoms with E-state index in [2.05, 4.69) is 24.3 Å². The van der Waals surface area contributed by atoms with Gasteiger partial charge in [0, 0.05) is 17.7 Å². The number of nitrogens with zero attached hydrogens (tertiary/aromatic N) is 2. The summed E-state index contributed by atoms with van der Waals surface area (Å²) in [6.45, 7) is 4.28. The standard InChI is InChI=1S/C22H27N3O2/c1-14(2)15-6-8-16(9-7-15)22(27)23-18-10-11-20-17(12-18)13-21(26)25(24-20)19-4-3-5-19/h6-9,13-14,18-19H,3-5,10-12H2,1-2H3,(H,23,27). The minimum atomic E-state index is -0.0467. The molecular weight excluding hydrogens is 338 g/mol. The van der Waals surface area contributed by atoms with E-state index in [1.165, 1.54) is 12.0 Å². The monoisotopic (exact) mass is 365 g/mol. The van der Waals surface area contributed by atoms with E-state index >= 15 is 0 Å². The maximum Gasteiger partial charge on any atom is 0.267 e. The number of hydrogen-bond acceptors (Lipinski definition) is 3. The first kappa shape index (κ1) is 18.0. The lowest BCUT2D eigenvalue weighted by molar-refractivity contribution is 0.0933. The van der Waals surface area contributed by atoms with Gasteiger partial charge in [0.1, 0.15) is 0 Å². The summed E-state index contributed by atoms with van der Waals surface area (Å²) in [6.07, 6.45) is 5.64. The van der Waals surface area contributed by atoms with Crippen molar-refractivity contribution in [1.82, 2.24) is 15.1 Å². The topological polar surface area (TPSA) is 64.0 Å². The number of hydrogen-bond donors (Lipinski definition) is 1. The largest absolute Gasteiger partial charge is 0.349 e. The number of fused-ring (bicyclic) bond motifs is 1. The number of carbonyl (C=O) groups is 1. The summed E-state index contributed by atoms with van der Waals surface area (Å²) in [5.41, 5.74) is 3.92. The van der Waals surface area contributed by atoms with E-state index in [0.29, 0.717) is 17.9 Å². The van der Waals surface area contributed by atoms with Crippen LogP contribution in [0.4, 0.5) is 0 Å². The van der Waals surface area contributed by atoms with Crippen molar-refractivity contribution in [2.24, 2.45) is 0 Å². The van der Waals surface area contributed by atoms with Gasteiger partial charge >= 0.3 is 0 Å². The molecule has 2 aromatic rings. The van der Waals surface area contributed by atoms with Crippen LogP contribution in [-0.4, -0.2) is 21.7 Å². The first-order valence-electron chi connectivity index (χ1n) is 10.0. The third kappa shape index (κ3) is 3.68. The van der Waals surface area contributed by atoms with Crippen molar-refractivity contribution in [3.05, 3.63) is 63.1 Å². The Morgan fingerprint density at radius 1 is 1.19 bits per heavy atom. The first-order chi connectivity index (χ1) is 13.0. The van der Waals surface area contributed by atoms with Crippen LogP contribution in [0.2, 0.25) is 0 Å². The molecule has 1 aromatic heterocycles. The predicted molar refractivity (Wildman–Crippen MR) is 105 cm³/mol. The summed E-state index contributed by atoms with van der Waals surface area (Å²) in [5.74, 6) is 0.406. The van der Waals surface area contributed by atoms with Crippen molar-refractivity contribution in [3.8, 4) is 0 Å². The lowest BCUT2D eigenvalue weighted by Gasteiger charge is -2.29.